The zero-order valence-electron chi connectivity index (χ0n) is 18.9. The number of nitrogens with one attached hydrogen (secondary N) is 1. The van der Waals surface area contributed by atoms with Crippen molar-refractivity contribution in [1.82, 2.24) is 25.0 Å². The number of rotatable bonds is 7. The smallest absolute Gasteiger partial charge is 0.236 e. The summed E-state index contributed by atoms with van der Waals surface area (Å²) in [7, 11) is 0. The minimum absolute atomic E-state index is 0.295. The summed E-state index contributed by atoms with van der Waals surface area (Å²) in [6.07, 6.45) is 5.75. The summed E-state index contributed by atoms with van der Waals surface area (Å²) in [5.41, 5.74) is 1.15. The van der Waals surface area contributed by atoms with Crippen molar-refractivity contribution in [3.63, 3.8) is 0 Å². The van der Waals surface area contributed by atoms with Crippen molar-refractivity contribution in [2.45, 2.75) is 39.0 Å². The van der Waals surface area contributed by atoms with Crippen molar-refractivity contribution in [1.29, 1.82) is 0 Å². The lowest BCUT2D eigenvalue weighted by atomic mass is 10.3. The van der Waals surface area contributed by atoms with Gasteiger partial charge in [0.15, 0.2) is 11.1 Å². The number of aromatic nitrogens is 1. The molecule has 9 heteroatoms. The van der Waals surface area contributed by atoms with Gasteiger partial charge in [-0.25, -0.2) is 4.98 Å². The van der Waals surface area contributed by atoms with Crippen LogP contribution in [0.2, 0.25) is 0 Å². The summed E-state index contributed by atoms with van der Waals surface area (Å²) in [6.45, 7) is 12.1. The Labute approximate surface area is 190 Å². The summed E-state index contributed by atoms with van der Waals surface area (Å²) < 4.78 is 0. The van der Waals surface area contributed by atoms with Gasteiger partial charge in [0.05, 0.1) is 12.2 Å². The highest BCUT2D eigenvalue weighted by Gasteiger charge is 2.24. The van der Waals surface area contributed by atoms with E-state index in [1.54, 1.807) is 11.3 Å². The molecule has 3 aliphatic heterocycles. The zero-order valence-corrected chi connectivity index (χ0v) is 19.7. The molecule has 0 unspecified atom stereocenters. The van der Waals surface area contributed by atoms with Crippen LogP contribution in [0.1, 0.15) is 38.3 Å². The Balaban J connectivity index is 1.23. The third-order valence-electron chi connectivity index (χ3n) is 6.37. The molecule has 172 valence electrons. The summed E-state index contributed by atoms with van der Waals surface area (Å²) in [6, 6.07) is 0. The predicted molar refractivity (Wildman–Crippen MR) is 127 cm³/mol. The molecule has 0 aromatic carbocycles. The second-order valence-corrected chi connectivity index (χ2v) is 9.49. The summed E-state index contributed by atoms with van der Waals surface area (Å²) in [4.78, 5) is 31.1. The van der Waals surface area contributed by atoms with E-state index < -0.39 is 0 Å². The first kappa shape index (κ1) is 22.3. The maximum Gasteiger partial charge on any atom is 0.236 e. The standard InChI is InChI=1S/C22H37N7OS/c1-2-23-21(24-8-7-19-18-31-22(25-19)29-11-5-6-12-29)28-15-13-26(14-16-28)17-20(30)27-9-3-4-10-27/h18H,2-17H2,1H3,(H,23,24). The number of nitrogens with zero attached hydrogens (tertiary/aromatic N) is 6. The lowest BCUT2D eigenvalue weighted by Gasteiger charge is -2.36. The van der Waals surface area contributed by atoms with Gasteiger partial charge in [-0.3, -0.25) is 14.7 Å². The molecule has 1 N–H and O–H groups in total. The minimum Gasteiger partial charge on any atom is -0.357 e. The van der Waals surface area contributed by atoms with Gasteiger partial charge in [-0.2, -0.15) is 0 Å². The number of aliphatic imine (C=N–C) groups is 1. The number of thiazole rings is 1. The maximum atomic E-state index is 12.4. The fourth-order valence-electron chi connectivity index (χ4n) is 4.54. The van der Waals surface area contributed by atoms with Gasteiger partial charge in [0.1, 0.15) is 0 Å². The summed E-state index contributed by atoms with van der Waals surface area (Å²) in [5.74, 6) is 1.28. The highest BCUT2D eigenvalue weighted by atomic mass is 32.1. The van der Waals surface area contributed by atoms with Gasteiger partial charge in [0.25, 0.3) is 0 Å². The number of hydrogen-bond acceptors (Lipinski definition) is 6. The van der Waals surface area contributed by atoms with E-state index in [-0.39, 0.29) is 0 Å². The van der Waals surface area contributed by atoms with Gasteiger partial charge >= 0.3 is 0 Å². The molecule has 3 aliphatic rings. The monoisotopic (exact) mass is 447 g/mol. The molecule has 0 spiro atoms. The van der Waals surface area contributed by atoms with Crippen LogP contribution in [0.4, 0.5) is 5.13 Å². The molecule has 4 rings (SSSR count). The van der Waals surface area contributed by atoms with Crippen molar-refractivity contribution in [2.24, 2.45) is 4.99 Å². The van der Waals surface area contributed by atoms with Gasteiger partial charge in [0, 0.05) is 77.2 Å². The van der Waals surface area contributed by atoms with Crippen LogP contribution in [0, 0.1) is 0 Å². The highest BCUT2D eigenvalue weighted by Crippen LogP contribution is 2.24. The maximum absolute atomic E-state index is 12.4. The molecule has 31 heavy (non-hydrogen) atoms. The Kier molecular flexibility index (Phi) is 8.02. The molecular weight excluding hydrogens is 410 g/mol. The quantitative estimate of drug-likeness (QED) is 0.505. The molecule has 0 bridgehead atoms. The Morgan fingerprint density at radius 1 is 1.03 bits per heavy atom. The third-order valence-corrected chi connectivity index (χ3v) is 7.32. The number of guanidine groups is 1. The molecule has 4 heterocycles. The lowest BCUT2D eigenvalue weighted by molar-refractivity contribution is -0.131. The number of hydrogen-bond donors (Lipinski definition) is 1. The first-order chi connectivity index (χ1) is 15.2. The van der Waals surface area contributed by atoms with Crippen LogP contribution >= 0.6 is 11.3 Å². The van der Waals surface area contributed by atoms with Gasteiger partial charge in [-0.05, 0) is 32.6 Å². The van der Waals surface area contributed by atoms with Crippen molar-refractivity contribution in [3.8, 4) is 0 Å². The van der Waals surface area contributed by atoms with Crippen molar-refractivity contribution in [3.05, 3.63) is 11.1 Å². The fourth-order valence-corrected chi connectivity index (χ4v) is 5.46. The van der Waals surface area contributed by atoms with E-state index in [9.17, 15) is 4.79 Å². The second kappa shape index (κ2) is 11.1. The molecule has 3 saturated heterocycles. The van der Waals surface area contributed by atoms with Gasteiger partial charge in [-0.1, -0.05) is 0 Å². The molecule has 1 aromatic heterocycles. The van der Waals surface area contributed by atoms with Crippen LogP contribution in [-0.2, 0) is 11.2 Å². The van der Waals surface area contributed by atoms with Crippen LogP contribution in [0.3, 0.4) is 0 Å². The van der Waals surface area contributed by atoms with Crippen molar-refractivity contribution in [2.75, 3.05) is 76.9 Å². The van der Waals surface area contributed by atoms with Crippen molar-refractivity contribution < 1.29 is 4.79 Å². The third kappa shape index (κ3) is 6.10. The molecule has 1 amide bonds. The number of anilines is 1. The average Bonchev–Trinajstić information content (AvgIpc) is 3.56. The van der Waals surface area contributed by atoms with Crippen LogP contribution in [0.25, 0.3) is 0 Å². The lowest BCUT2D eigenvalue weighted by Crippen LogP contribution is -2.54. The molecular formula is C22H37N7OS. The van der Waals surface area contributed by atoms with Gasteiger partial charge in [-0.15, -0.1) is 11.3 Å². The first-order valence-corrected chi connectivity index (χ1v) is 12.8. The van der Waals surface area contributed by atoms with Crippen LogP contribution in [-0.4, -0.2) is 104 Å². The number of amides is 1. The highest BCUT2D eigenvalue weighted by molar-refractivity contribution is 7.13. The van der Waals surface area contributed by atoms with Crippen LogP contribution < -0.4 is 10.2 Å². The molecule has 1 aromatic rings. The molecule has 0 radical (unpaired) electrons. The number of piperazine rings is 1. The molecule has 0 saturated carbocycles. The molecule has 0 atom stereocenters. The van der Waals surface area contributed by atoms with E-state index in [2.05, 4.69) is 32.3 Å². The largest absolute Gasteiger partial charge is 0.357 e. The predicted octanol–water partition coefficient (Wildman–Crippen LogP) is 1.49. The SMILES string of the molecule is CCNC(=NCCc1csc(N2CCCC2)n1)N1CCN(CC(=O)N2CCCC2)CC1. The summed E-state index contributed by atoms with van der Waals surface area (Å²) >= 11 is 1.76. The van der Waals surface area contributed by atoms with E-state index in [0.29, 0.717) is 12.5 Å². The Hall–Kier alpha value is -1.87. The van der Waals surface area contributed by atoms with E-state index >= 15 is 0 Å². The topological polar surface area (TPSA) is 67.3 Å². The molecule has 3 fully saturated rings. The van der Waals surface area contributed by atoms with Crippen LogP contribution in [0.15, 0.2) is 10.4 Å². The van der Waals surface area contributed by atoms with E-state index in [1.807, 2.05) is 4.90 Å². The zero-order chi connectivity index (χ0) is 21.5. The molecule has 8 nitrogen and oxygen atoms in total. The second-order valence-electron chi connectivity index (χ2n) is 8.65. The Bertz CT molecular complexity index is 732. The number of carbonyl (C=O) groups excluding carboxylic acids is 1. The normalized spacial score (nSPS) is 20.7. The minimum atomic E-state index is 0.295. The fraction of sp³-hybridized carbons (Fsp3) is 0.773. The number of likely N-dealkylation sites (tertiary alicyclic amines) is 1. The van der Waals surface area contributed by atoms with Crippen molar-refractivity contribution >= 4 is 28.3 Å². The Morgan fingerprint density at radius 3 is 2.45 bits per heavy atom. The number of carbonyl (C=O) groups is 1. The van der Waals surface area contributed by atoms with E-state index in [4.69, 9.17) is 9.98 Å². The molecule has 0 aliphatic carbocycles. The first-order valence-electron chi connectivity index (χ1n) is 12.0. The average molecular weight is 448 g/mol. The van der Waals surface area contributed by atoms with Crippen LogP contribution in [0.5, 0.6) is 0 Å². The van der Waals surface area contributed by atoms with E-state index in [0.717, 1.165) is 96.4 Å². The summed E-state index contributed by atoms with van der Waals surface area (Å²) in [5, 5.41) is 6.80. The van der Waals surface area contributed by atoms with Gasteiger partial charge < -0.3 is 20.0 Å². The Morgan fingerprint density at radius 2 is 1.74 bits per heavy atom. The van der Waals surface area contributed by atoms with Gasteiger partial charge in [0.2, 0.25) is 5.91 Å². The van der Waals surface area contributed by atoms with E-state index in [1.165, 1.54) is 18.0 Å².